The summed E-state index contributed by atoms with van der Waals surface area (Å²) in [6, 6.07) is 1.45. The van der Waals surface area contributed by atoms with Crippen LogP contribution in [0.1, 0.15) is 101 Å². The van der Waals surface area contributed by atoms with Crippen molar-refractivity contribution >= 4 is 46.3 Å². The average molecular weight is 809 g/mol. The van der Waals surface area contributed by atoms with Crippen molar-refractivity contribution in [2.75, 3.05) is 0 Å². The lowest BCUT2D eigenvalue weighted by Gasteiger charge is -2.32. The summed E-state index contributed by atoms with van der Waals surface area (Å²) in [5, 5.41) is 21.9. The van der Waals surface area contributed by atoms with Crippen molar-refractivity contribution in [3.63, 3.8) is 0 Å². The van der Waals surface area contributed by atoms with E-state index in [0.29, 0.717) is 6.42 Å². The smallest absolute Gasteiger partial charge is 0.243 e. The van der Waals surface area contributed by atoms with Gasteiger partial charge in [-0.05, 0) is 61.5 Å². The second-order valence-electron chi connectivity index (χ2n) is 18.4. The summed E-state index contributed by atoms with van der Waals surface area (Å²) in [4.78, 5) is 87.6. The highest BCUT2D eigenvalue weighted by atomic mass is 16.5. The van der Waals surface area contributed by atoms with Crippen LogP contribution in [-0.2, 0) is 39.9 Å². The van der Waals surface area contributed by atoms with Gasteiger partial charge in [-0.15, -0.1) is 0 Å². The quantitative estimate of drug-likeness (QED) is 0.198. The number of nitrogens with one attached hydrogen (secondary N) is 8. The molecule has 6 amide bonds. The highest BCUT2D eigenvalue weighted by Gasteiger charge is 2.49. The van der Waals surface area contributed by atoms with Gasteiger partial charge in [-0.3, -0.25) is 34.1 Å². The van der Waals surface area contributed by atoms with Gasteiger partial charge in [0, 0.05) is 36.0 Å². The van der Waals surface area contributed by atoms with Crippen molar-refractivity contribution in [2.24, 2.45) is 29.6 Å². The van der Waals surface area contributed by atoms with Crippen LogP contribution in [0.5, 0.6) is 0 Å². The summed E-state index contributed by atoms with van der Waals surface area (Å²) >= 11 is 0. The van der Waals surface area contributed by atoms with Gasteiger partial charge < -0.3 is 41.6 Å². The molecule has 0 saturated carbocycles. The predicted molar refractivity (Wildman–Crippen MR) is 223 cm³/mol. The molecule has 8 atom stereocenters. The molecule has 8 N–H and O–H groups in total. The molecule has 2 aliphatic heterocycles. The lowest BCUT2D eigenvalue weighted by atomic mass is 9.96. The van der Waals surface area contributed by atoms with E-state index in [2.05, 4.69) is 42.2 Å². The van der Waals surface area contributed by atoms with E-state index in [4.69, 9.17) is 4.74 Å². The number of carbonyl (C=O) groups excluding carboxylic acids is 6. The first-order chi connectivity index (χ1) is 27.1. The van der Waals surface area contributed by atoms with E-state index in [1.54, 1.807) is 27.7 Å². The SMILES string of the molecule is CC(C)CC1CC(=O)NC(C(C)C)C(=O)NC(C(C)C)C(=O)NC(C(C)C)C2NC(C(=O)NC(C(C)C)C(=O)NC(Cc3c[nH]c4ccccc34)C(=O)N1)C(C)(C)O2. The lowest BCUT2D eigenvalue weighted by Crippen LogP contribution is -2.62. The Labute approximate surface area is 343 Å². The van der Waals surface area contributed by atoms with Crippen molar-refractivity contribution in [3.05, 3.63) is 36.0 Å². The van der Waals surface area contributed by atoms with Crippen LogP contribution in [0.15, 0.2) is 30.5 Å². The summed E-state index contributed by atoms with van der Waals surface area (Å²) in [5.74, 6) is -4.03. The van der Waals surface area contributed by atoms with Gasteiger partial charge >= 0.3 is 0 Å². The minimum Gasteiger partial charge on any atom is -0.361 e. The van der Waals surface area contributed by atoms with Crippen molar-refractivity contribution < 1.29 is 33.5 Å². The van der Waals surface area contributed by atoms with Crippen LogP contribution < -0.4 is 37.2 Å². The van der Waals surface area contributed by atoms with Crippen LogP contribution in [0, 0.1) is 29.6 Å². The number of aromatic amines is 1. The normalized spacial score (nSPS) is 28.5. The maximum atomic E-state index is 14.4. The summed E-state index contributed by atoms with van der Waals surface area (Å²) in [6.07, 6.45) is 1.45. The zero-order chi connectivity index (χ0) is 43.2. The van der Waals surface area contributed by atoms with Gasteiger partial charge in [0.2, 0.25) is 35.4 Å². The third-order valence-electron chi connectivity index (χ3n) is 11.1. The van der Waals surface area contributed by atoms with Crippen LogP contribution in [-0.4, -0.2) is 94.5 Å². The fourth-order valence-corrected chi connectivity index (χ4v) is 7.80. The van der Waals surface area contributed by atoms with Crippen molar-refractivity contribution in [2.45, 2.75) is 156 Å². The summed E-state index contributed by atoms with van der Waals surface area (Å²) in [5.41, 5.74) is 0.620. The van der Waals surface area contributed by atoms with E-state index in [0.717, 1.165) is 16.5 Å². The Morgan fingerprint density at radius 2 is 1.21 bits per heavy atom. The Morgan fingerprint density at radius 3 is 1.79 bits per heavy atom. The van der Waals surface area contributed by atoms with Gasteiger partial charge in [-0.25, -0.2) is 0 Å². The van der Waals surface area contributed by atoms with Gasteiger partial charge in [0.05, 0.1) is 11.6 Å². The number of hydrogen-bond acceptors (Lipinski definition) is 8. The van der Waals surface area contributed by atoms with Crippen LogP contribution in [0.2, 0.25) is 0 Å². The van der Waals surface area contributed by atoms with Gasteiger partial charge in [-0.1, -0.05) is 87.4 Å². The molecule has 2 aliphatic rings. The fourth-order valence-electron chi connectivity index (χ4n) is 7.80. The molecule has 4 rings (SSSR count). The Morgan fingerprint density at radius 1 is 0.655 bits per heavy atom. The Hall–Kier alpha value is -4.50. The average Bonchev–Trinajstić information content (AvgIpc) is 3.68. The van der Waals surface area contributed by atoms with Gasteiger partial charge in [0.25, 0.3) is 0 Å². The Kier molecular flexibility index (Phi) is 15.5. The Bertz CT molecular complexity index is 1790. The van der Waals surface area contributed by atoms with Gasteiger partial charge in [-0.2, -0.15) is 0 Å². The number of fused-ring (bicyclic) bond motifs is 3. The molecule has 1 aromatic carbocycles. The standard InChI is InChI=1S/C43H68N8O7/c1-21(2)17-27-19-31(52)47-32(22(3)4)39(55)48-34(24(7)8)40(56)50-35(25(9)10)42-51-36(43(11,12)58-42)41(57)49-33(23(5)6)38(54)46-30(37(53)45-27)18-26-20-44-29-16-14-13-15-28(26)29/h13-16,20-25,27,30,32-36,42,44,51H,17-19H2,1-12H3,(H,45,53)(H,46,54)(H,47,52)(H,48,55)(H,49,57)(H,50,56). The minimum absolute atomic E-state index is 0.0834. The molecule has 2 saturated heterocycles. The molecule has 0 spiro atoms. The minimum atomic E-state index is -1.08. The largest absolute Gasteiger partial charge is 0.361 e. The number of carbonyl (C=O) groups is 6. The van der Waals surface area contributed by atoms with E-state index >= 15 is 0 Å². The third-order valence-corrected chi connectivity index (χ3v) is 11.1. The first kappa shape index (κ1) is 46.2. The molecule has 2 fully saturated rings. The second kappa shape index (κ2) is 19.5. The van der Waals surface area contributed by atoms with Gasteiger partial charge in [0.1, 0.15) is 36.4 Å². The summed E-state index contributed by atoms with van der Waals surface area (Å²) in [6.45, 7) is 22.2. The van der Waals surface area contributed by atoms with Crippen LogP contribution in [0.25, 0.3) is 10.9 Å². The molecular weight excluding hydrogens is 741 g/mol. The van der Waals surface area contributed by atoms with E-state index in [1.807, 2.05) is 85.9 Å². The number of ether oxygens (including phenoxy) is 1. The molecule has 0 radical (unpaired) electrons. The first-order valence-electron chi connectivity index (χ1n) is 20.9. The number of para-hydroxylation sites is 1. The molecule has 8 unspecified atom stereocenters. The molecule has 3 heterocycles. The molecule has 58 heavy (non-hydrogen) atoms. The maximum Gasteiger partial charge on any atom is 0.243 e. The predicted octanol–water partition coefficient (Wildman–Crippen LogP) is 2.79. The highest BCUT2D eigenvalue weighted by molar-refractivity contribution is 5.95. The molecule has 2 aromatic rings. The van der Waals surface area contributed by atoms with Gasteiger partial charge in [0.15, 0.2) is 0 Å². The summed E-state index contributed by atoms with van der Waals surface area (Å²) in [7, 11) is 0. The molecule has 1 aromatic heterocycles. The highest BCUT2D eigenvalue weighted by Crippen LogP contribution is 2.28. The van der Waals surface area contributed by atoms with Crippen molar-refractivity contribution in [1.82, 2.24) is 42.2 Å². The fraction of sp³-hybridized carbons (Fsp3) is 0.674. The number of benzene rings is 1. The molecule has 0 aliphatic carbocycles. The zero-order valence-corrected chi connectivity index (χ0v) is 36.4. The number of aromatic nitrogens is 1. The number of amides is 6. The van der Waals surface area contributed by atoms with E-state index < -0.39 is 89.6 Å². The lowest BCUT2D eigenvalue weighted by molar-refractivity contribution is -0.135. The van der Waals surface area contributed by atoms with Crippen LogP contribution in [0.4, 0.5) is 0 Å². The van der Waals surface area contributed by atoms with Crippen molar-refractivity contribution in [1.29, 1.82) is 0 Å². The van der Waals surface area contributed by atoms with E-state index in [-0.39, 0.29) is 42.4 Å². The van der Waals surface area contributed by atoms with E-state index in [9.17, 15) is 28.8 Å². The monoisotopic (exact) mass is 809 g/mol. The van der Waals surface area contributed by atoms with E-state index in [1.165, 1.54) is 0 Å². The number of H-pyrrole nitrogens is 1. The first-order valence-corrected chi connectivity index (χ1v) is 20.9. The van der Waals surface area contributed by atoms with Crippen molar-refractivity contribution in [3.8, 4) is 0 Å². The third kappa shape index (κ3) is 11.6. The summed E-state index contributed by atoms with van der Waals surface area (Å²) < 4.78 is 6.42. The molecule has 15 nitrogen and oxygen atoms in total. The molecule has 2 bridgehead atoms. The molecule has 15 heteroatoms. The molecular formula is C43H68N8O7. The Balaban J connectivity index is 1.77. The number of rotatable bonds is 8. The molecule has 322 valence electrons. The van der Waals surface area contributed by atoms with Crippen LogP contribution in [0.3, 0.4) is 0 Å². The van der Waals surface area contributed by atoms with Crippen LogP contribution >= 0.6 is 0 Å². The maximum absolute atomic E-state index is 14.4. The second-order valence-corrected chi connectivity index (χ2v) is 18.4. The zero-order valence-electron chi connectivity index (χ0n) is 36.4. The topological polar surface area (TPSA) is 212 Å². The number of hydrogen-bond donors (Lipinski definition) is 8.